The van der Waals surface area contributed by atoms with Crippen LogP contribution >= 0.6 is 11.6 Å². The molecule has 9 heteroatoms. The van der Waals surface area contributed by atoms with Gasteiger partial charge in [-0.25, -0.2) is 0 Å². The number of rotatable bonds is 7. The molecule has 0 radical (unpaired) electrons. The van der Waals surface area contributed by atoms with E-state index in [0.29, 0.717) is 30.1 Å². The van der Waals surface area contributed by atoms with Crippen LogP contribution in [-0.2, 0) is 9.59 Å². The van der Waals surface area contributed by atoms with Gasteiger partial charge in [0.05, 0.1) is 6.07 Å². The van der Waals surface area contributed by atoms with Gasteiger partial charge in [0.15, 0.2) is 0 Å². The quantitative estimate of drug-likeness (QED) is 0.494. The zero-order chi connectivity index (χ0) is 24.2. The van der Waals surface area contributed by atoms with Crippen LogP contribution < -0.4 is 16.0 Å². The lowest BCUT2D eigenvalue weighted by Gasteiger charge is -2.28. The van der Waals surface area contributed by atoms with Gasteiger partial charge in [0.25, 0.3) is 5.91 Å². The Labute approximate surface area is 198 Å². The van der Waals surface area contributed by atoms with Crippen LogP contribution in [0.2, 0.25) is 5.02 Å². The number of amides is 3. The van der Waals surface area contributed by atoms with Gasteiger partial charge in [-0.1, -0.05) is 38.4 Å². The molecule has 176 valence electrons. The summed E-state index contributed by atoms with van der Waals surface area (Å²) < 4.78 is 0. The zero-order valence-corrected chi connectivity index (χ0v) is 19.9. The van der Waals surface area contributed by atoms with E-state index in [-0.39, 0.29) is 23.7 Å². The normalized spacial score (nSPS) is 18.2. The van der Waals surface area contributed by atoms with E-state index in [1.165, 1.54) is 0 Å². The molecule has 0 saturated carbocycles. The van der Waals surface area contributed by atoms with Gasteiger partial charge in [0, 0.05) is 28.4 Å². The fraction of sp³-hybridized carbons (Fsp3) is 0.500. The summed E-state index contributed by atoms with van der Waals surface area (Å²) in [7, 11) is 0. The Bertz CT molecular complexity index is 1080. The summed E-state index contributed by atoms with van der Waals surface area (Å²) in [6.07, 6.45) is 2.15. The van der Waals surface area contributed by atoms with Gasteiger partial charge in [-0.15, -0.1) is 0 Å². The maximum absolute atomic E-state index is 13.1. The third kappa shape index (κ3) is 6.72. The van der Waals surface area contributed by atoms with Crippen LogP contribution in [0.25, 0.3) is 10.9 Å². The highest BCUT2D eigenvalue weighted by Gasteiger charge is 2.31. The van der Waals surface area contributed by atoms with Crippen molar-refractivity contribution in [2.75, 3.05) is 6.54 Å². The molecular formula is C24H30ClN5O3. The Morgan fingerprint density at radius 3 is 2.70 bits per heavy atom. The van der Waals surface area contributed by atoms with E-state index >= 15 is 0 Å². The van der Waals surface area contributed by atoms with Crippen LogP contribution in [0.15, 0.2) is 24.3 Å². The van der Waals surface area contributed by atoms with E-state index in [9.17, 15) is 19.6 Å². The molecular weight excluding hydrogens is 442 g/mol. The summed E-state index contributed by atoms with van der Waals surface area (Å²) in [5.74, 6) is -1.26. The van der Waals surface area contributed by atoms with Gasteiger partial charge < -0.3 is 20.9 Å². The van der Waals surface area contributed by atoms with Crippen molar-refractivity contribution < 1.29 is 14.4 Å². The third-order valence-electron chi connectivity index (χ3n) is 5.66. The molecule has 2 aromatic rings. The van der Waals surface area contributed by atoms with E-state index in [1.807, 2.05) is 26.8 Å². The van der Waals surface area contributed by atoms with Crippen LogP contribution in [0.5, 0.6) is 0 Å². The molecule has 3 amide bonds. The first-order valence-electron chi connectivity index (χ1n) is 11.1. The lowest BCUT2D eigenvalue weighted by molar-refractivity contribution is -0.128. The molecule has 1 aromatic carbocycles. The number of nitrogens with zero attached hydrogens (tertiary/aromatic N) is 1. The number of carbonyl (C=O) groups is 3. The fourth-order valence-electron chi connectivity index (χ4n) is 4.04. The predicted molar refractivity (Wildman–Crippen MR) is 127 cm³/mol. The average molecular weight is 472 g/mol. The molecule has 0 aliphatic carbocycles. The summed E-state index contributed by atoms with van der Waals surface area (Å²) in [6, 6.07) is 7.40. The number of aromatic amines is 1. The Morgan fingerprint density at radius 2 is 2.03 bits per heavy atom. The second-order valence-electron chi connectivity index (χ2n) is 9.76. The molecule has 2 heterocycles. The van der Waals surface area contributed by atoms with Gasteiger partial charge >= 0.3 is 0 Å². The number of nitrogens with one attached hydrogen (secondary N) is 4. The van der Waals surface area contributed by atoms with Gasteiger partial charge in [-0.05, 0) is 49.3 Å². The molecule has 3 rings (SSSR count). The molecule has 0 spiro atoms. The number of carbonyl (C=O) groups excluding carboxylic acids is 3. The van der Waals surface area contributed by atoms with E-state index in [4.69, 9.17) is 11.6 Å². The second-order valence-corrected chi connectivity index (χ2v) is 10.2. The molecule has 1 aromatic heterocycles. The van der Waals surface area contributed by atoms with Crippen LogP contribution in [0.4, 0.5) is 0 Å². The lowest BCUT2D eigenvalue weighted by Crippen LogP contribution is -2.51. The SMILES string of the molecule is CC(C)(C)C[C@H](NC(=O)c1cc2ccc(Cl)cc2[nH]1)C(=O)N[C@H](C#N)C[C@@H]1CCCNC1=O. The van der Waals surface area contributed by atoms with Crippen LogP contribution in [0.1, 0.15) is 56.9 Å². The predicted octanol–water partition coefficient (Wildman–Crippen LogP) is 3.28. The molecule has 1 fully saturated rings. The highest BCUT2D eigenvalue weighted by atomic mass is 35.5. The zero-order valence-electron chi connectivity index (χ0n) is 19.1. The Morgan fingerprint density at radius 1 is 1.27 bits per heavy atom. The summed E-state index contributed by atoms with van der Waals surface area (Å²) in [6.45, 7) is 6.55. The molecule has 4 N–H and O–H groups in total. The van der Waals surface area contributed by atoms with Crippen molar-refractivity contribution in [3.63, 3.8) is 0 Å². The van der Waals surface area contributed by atoms with Gasteiger partial charge in [-0.3, -0.25) is 14.4 Å². The third-order valence-corrected chi connectivity index (χ3v) is 5.89. The maximum atomic E-state index is 13.1. The first-order chi connectivity index (χ1) is 15.6. The minimum Gasteiger partial charge on any atom is -0.356 e. The highest BCUT2D eigenvalue weighted by molar-refractivity contribution is 6.31. The molecule has 33 heavy (non-hydrogen) atoms. The number of fused-ring (bicyclic) bond motifs is 1. The maximum Gasteiger partial charge on any atom is 0.268 e. The van der Waals surface area contributed by atoms with Gasteiger partial charge in [0.2, 0.25) is 11.8 Å². The number of aromatic nitrogens is 1. The van der Waals surface area contributed by atoms with Crippen molar-refractivity contribution >= 4 is 40.2 Å². The van der Waals surface area contributed by atoms with Crippen LogP contribution in [0.3, 0.4) is 0 Å². The van der Waals surface area contributed by atoms with Gasteiger partial charge in [0.1, 0.15) is 17.8 Å². The summed E-state index contributed by atoms with van der Waals surface area (Å²) >= 11 is 6.02. The number of hydrogen-bond donors (Lipinski definition) is 4. The number of piperidine rings is 1. The minimum absolute atomic E-state index is 0.0887. The first-order valence-corrected chi connectivity index (χ1v) is 11.5. The molecule has 1 aliphatic heterocycles. The highest BCUT2D eigenvalue weighted by Crippen LogP contribution is 2.23. The molecule has 0 bridgehead atoms. The van der Waals surface area contributed by atoms with Crippen molar-refractivity contribution in [2.24, 2.45) is 11.3 Å². The van der Waals surface area contributed by atoms with Crippen molar-refractivity contribution in [3.05, 3.63) is 35.0 Å². The topological polar surface area (TPSA) is 127 Å². The van der Waals surface area contributed by atoms with Crippen LogP contribution in [0, 0.1) is 22.7 Å². The smallest absolute Gasteiger partial charge is 0.268 e. The number of halogens is 1. The monoisotopic (exact) mass is 471 g/mol. The van der Waals surface area contributed by atoms with E-state index in [0.717, 1.165) is 17.3 Å². The summed E-state index contributed by atoms with van der Waals surface area (Å²) in [4.78, 5) is 41.1. The Hall–Kier alpha value is -3.05. The lowest BCUT2D eigenvalue weighted by atomic mass is 9.87. The number of H-pyrrole nitrogens is 1. The standard InChI is InChI=1S/C24H30ClN5O3/c1-24(2,3)12-20(23(33)28-17(13-26)9-15-5-4-8-27-21(15)31)30-22(32)19-10-14-6-7-16(25)11-18(14)29-19/h6-7,10-11,15,17,20,29H,4-5,8-9,12H2,1-3H3,(H,27,31)(H,28,33)(H,30,32)/t15-,17-,20-/m0/s1. The second kappa shape index (κ2) is 10.3. The summed E-state index contributed by atoms with van der Waals surface area (Å²) in [5.41, 5.74) is 0.781. The largest absolute Gasteiger partial charge is 0.356 e. The van der Waals surface area contributed by atoms with Crippen molar-refractivity contribution in [2.45, 2.75) is 58.5 Å². The Balaban J connectivity index is 1.72. The molecule has 1 saturated heterocycles. The molecule has 0 unspecified atom stereocenters. The van der Waals surface area contributed by atoms with Crippen LogP contribution in [-0.4, -0.2) is 41.3 Å². The Kier molecular flexibility index (Phi) is 7.65. The minimum atomic E-state index is -0.844. The average Bonchev–Trinajstić information content (AvgIpc) is 3.16. The van der Waals surface area contributed by atoms with Crippen molar-refractivity contribution in [1.82, 2.24) is 20.9 Å². The van der Waals surface area contributed by atoms with Crippen molar-refractivity contribution in [1.29, 1.82) is 5.26 Å². The number of hydrogen-bond acceptors (Lipinski definition) is 4. The van der Waals surface area contributed by atoms with E-state index in [1.54, 1.807) is 18.2 Å². The van der Waals surface area contributed by atoms with Gasteiger partial charge in [-0.2, -0.15) is 5.26 Å². The molecule has 8 nitrogen and oxygen atoms in total. The van der Waals surface area contributed by atoms with E-state index < -0.39 is 23.9 Å². The number of benzene rings is 1. The van der Waals surface area contributed by atoms with Crippen molar-refractivity contribution in [3.8, 4) is 6.07 Å². The fourth-order valence-corrected chi connectivity index (χ4v) is 4.21. The summed E-state index contributed by atoms with van der Waals surface area (Å²) in [5, 5.41) is 19.3. The molecule has 3 atom stereocenters. The van der Waals surface area contributed by atoms with E-state index in [2.05, 4.69) is 27.0 Å². The molecule has 1 aliphatic rings. The first kappa shape index (κ1) is 24.6. The number of nitriles is 1.